The van der Waals surface area contributed by atoms with Crippen LogP contribution in [-0.2, 0) is 19.6 Å². The fourth-order valence-electron chi connectivity index (χ4n) is 3.36. The van der Waals surface area contributed by atoms with Crippen molar-refractivity contribution in [3.05, 3.63) is 59.7 Å². The monoisotopic (exact) mass is 442 g/mol. The zero-order chi connectivity index (χ0) is 22.6. The zero-order valence-corrected chi connectivity index (χ0v) is 18.6. The van der Waals surface area contributed by atoms with Gasteiger partial charge in [0.15, 0.2) is 0 Å². The van der Waals surface area contributed by atoms with E-state index in [2.05, 4.69) is 15.0 Å². The van der Waals surface area contributed by atoms with Crippen LogP contribution >= 0.6 is 0 Å². The molecular weight excluding hydrogens is 416 g/mol. The van der Waals surface area contributed by atoms with Gasteiger partial charge in [-0.25, -0.2) is 8.42 Å². The quantitative estimate of drug-likeness (QED) is 0.686. The number of amides is 2. The van der Waals surface area contributed by atoms with Crippen molar-refractivity contribution in [1.29, 1.82) is 0 Å². The van der Waals surface area contributed by atoms with E-state index in [1.54, 1.807) is 31.2 Å². The molecule has 1 atom stereocenters. The van der Waals surface area contributed by atoms with Crippen molar-refractivity contribution in [1.82, 2.24) is 9.62 Å². The lowest BCUT2D eigenvalue weighted by atomic mass is 10.2. The number of carbonyl (C=O) groups is 2. The van der Waals surface area contributed by atoms with Crippen LogP contribution < -0.4 is 10.0 Å². The summed E-state index contributed by atoms with van der Waals surface area (Å²) in [7, 11) is -3.68. The van der Waals surface area contributed by atoms with E-state index in [1.165, 1.54) is 11.0 Å². The summed E-state index contributed by atoms with van der Waals surface area (Å²) in [6.07, 6.45) is 0.669. The molecule has 0 aliphatic carbocycles. The second-order valence-electron chi connectivity index (χ2n) is 7.38. The SMILES string of the molecule is CCCN(CC(=O)Nc1ccccc1C)C(=O)[C@H](C)N=C1NS(=O)(=O)c2ccccc21. The Balaban J connectivity index is 1.75. The van der Waals surface area contributed by atoms with Gasteiger partial charge in [0.1, 0.15) is 11.9 Å². The molecule has 1 aliphatic heterocycles. The number of fused-ring (bicyclic) bond motifs is 1. The minimum atomic E-state index is -3.68. The van der Waals surface area contributed by atoms with Crippen molar-refractivity contribution < 1.29 is 18.0 Å². The van der Waals surface area contributed by atoms with E-state index in [4.69, 9.17) is 0 Å². The Kier molecular flexibility index (Phi) is 6.74. The first-order chi connectivity index (χ1) is 14.7. The van der Waals surface area contributed by atoms with Gasteiger partial charge in [-0.3, -0.25) is 19.3 Å². The molecule has 0 saturated heterocycles. The third-order valence-electron chi connectivity index (χ3n) is 4.90. The summed E-state index contributed by atoms with van der Waals surface area (Å²) in [6, 6.07) is 13.0. The summed E-state index contributed by atoms with van der Waals surface area (Å²) in [4.78, 5) is 31.5. The highest BCUT2D eigenvalue weighted by Crippen LogP contribution is 2.22. The number of para-hydroxylation sites is 1. The maximum absolute atomic E-state index is 13.0. The molecule has 2 N–H and O–H groups in total. The average Bonchev–Trinajstić information content (AvgIpc) is 2.99. The number of sulfonamides is 1. The number of hydrogen-bond donors (Lipinski definition) is 2. The number of nitrogens with one attached hydrogen (secondary N) is 2. The van der Waals surface area contributed by atoms with Gasteiger partial charge in [-0.05, 0) is 44.0 Å². The first-order valence-corrected chi connectivity index (χ1v) is 11.6. The number of carbonyl (C=O) groups excluding carboxylic acids is 2. The van der Waals surface area contributed by atoms with Gasteiger partial charge in [-0.2, -0.15) is 0 Å². The van der Waals surface area contributed by atoms with Crippen molar-refractivity contribution in [2.75, 3.05) is 18.4 Å². The van der Waals surface area contributed by atoms with Crippen LogP contribution in [0, 0.1) is 6.92 Å². The zero-order valence-electron chi connectivity index (χ0n) is 17.8. The summed E-state index contributed by atoms with van der Waals surface area (Å²) in [5.74, 6) is -0.516. The van der Waals surface area contributed by atoms with Crippen molar-refractivity contribution in [3.63, 3.8) is 0 Å². The van der Waals surface area contributed by atoms with Crippen molar-refractivity contribution in [2.24, 2.45) is 4.99 Å². The summed E-state index contributed by atoms with van der Waals surface area (Å²) in [6.45, 7) is 5.67. The van der Waals surface area contributed by atoms with Gasteiger partial charge >= 0.3 is 0 Å². The normalized spacial score (nSPS) is 16.3. The molecule has 3 rings (SSSR count). The van der Waals surface area contributed by atoms with Crippen molar-refractivity contribution in [2.45, 2.75) is 38.1 Å². The Morgan fingerprint density at radius 3 is 2.52 bits per heavy atom. The molecule has 0 saturated carbocycles. The van der Waals surface area contributed by atoms with Crippen LogP contribution in [0.15, 0.2) is 58.4 Å². The molecule has 1 heterocycles. The van der Waals surface area contributed by atoms with Crippen LogP contribution in [0.5, 0.6) is 0 Å². The minimum absolute atomic E-state index is 0.113. The lowest BCUT2D eigenvalue weighted by Crippen LogP contribution is -2.43. The van der Waals surface area contributed by atoms with Gasteiger partial charge in [0.2, 0.25) is 11.8 Å². The van der Waals surface area contributed by atoms with Crippen LogP contribution in [0.3, 0.4) is 0 Å². The second-order valence-corrected chi connectivity index (χ2v) is 9.03. The molecule has 0 bridgehead atoms. The minimum Gasteiger partial charge on any atom is -0.332 e. The number of anilines is 1. The maximum atomic E-state index is 13.0. The van der Waals surface area contributed by atoms with Crippen LogP contribution in [0.4, 0.5) is 5.69 Å². The molecule has 2 aromatic rings. The third-order valence-corrected chi connectivity index (χ3v) is 6.30. The number of hydrogen-bond acceptors (Lipinski definition) is 5. The standard InChI is InChI=1S/C22H26N4O4S/c1-4-13-26(14-20(27)24-18-11-7-5-9-15(18)2)22(28)16(3)23-21-17-10-6-8-12-19(17)31(29,30)25-21/h5-12,16H,4,13-14H2,1-3H3,(H,23,25)(H,24,27)/t16-/m0/s1. The Bertz CT molecular complexity index is 1130. The van der Waals surface area contributed by atoms with Crippen LogP contribution in [0.1, 0.15) is 31.4 Å². The van der Waals surface area contributed by atoms with Gasteiger partial charge in [-0.1, -0.05) is 37.3 Å². The van der Waals surface area contributed by atoms with Crippen molar-refractivity contribution >= 4 is 33.4 Å². The van der Waals surface area contributed by atoms with Gasteiger partial charge in [0, 0.05) is 17.8 Å². The Morgan fingerprint density at radius 2 is 1.81 bits per heavy atom. The predicted octanol–water partition coefficient (Wildman–Crippen LogP) is 2.30. The molecule has 9 heteroatoms. The first kappa shape index (κ1) is 22.5. The van der Waals surface area contributed by atoms with Gasteiger partial charge < -0.3 is 10.2 Å². The van der Waals surface area contributed by atoms with Crippen LogP contribution in [0.2, 0.25) is 0 Å². The molecule has 8 nitrogen and oxygen atoms in total. The largest absolute Gasteiger partial charge is 0.332 e. The van der Waals surface area contributed by atoms with E-state index in [-0.39, 0.29) is 29.1 Å². The van der Waals surface area contributed by atoms with Crippen LogP contribution in [-0.4, -0.2) is 50.1 Å². The molecule has 0 aromatic heterocycles. The highest BCUT2D eigenvalue weighted by atomic mass is 32.2. The Morgan fingerprint density at radius 1 is 1.13 bits per heavy atom. The third kappa shape index (κ3) is 5.11. The summed E-state index contributed by atoms with van der Waals surface area (Å²) in [5.41, 5.74) is 2.05. The number of aryl methyl sites for hydroxylation is 1. The number of nitrogens with zero attached hydrogens (tertiary/aromatic N) is 2. The van der Waals surface area contributed by atoms with E-state index in [9.17, 15) is 18.0 Å². The summed E-state index contributed by atoms with van der Waals surface area (Å²) < 4.78 is 26.9. The number of rotatable bonds is 7. The van der Waals surface area contributed by atoms with E-state index in [0.29, 0.717) is 24.2 Å². The lowest BCUT2D eigenvalue weighted by Gasteiger charge is -2.24. The molecule has 2 aromatic carbocycles. The lowest BCUT2D eigenvalue weighted by molar-refractivity contribution is -0.135. The molecule has 0 radical (unpaired) electrons. The second kappa shape index (κ2) is 9.30. The van der Waals surface area contributed by atoms with Gasteiger partial charge in [0.25, 0.3) is 10.0 Å². The van der Waals surface area contributed by atoms with Gasteiger partial charge in [0.05, 0.1) is 11.4 Å². The van der Waals surface area contributed by atoms with E-state index < -0.39 is 16.1 Å². The van der Waals surface area contributed by atoms with Crippen LogP contribution in [0.25, 0.3) is 0 Å². The topological polar surface area (TPSA) is 108 Å². The first-order valence-electron chi connectivity index (χ1n) is 10.1. The predicted molar refractivity (Wildman–Crippen MR) is 119 cm³/mol. The summed E-state index contributed by atoms with van der Waals surface area (Å²) >= 11 is 0. The molecule has 0 spiro atoms. The maximum Gasteiger partial charge on any atom is 0.263 e. The van der Waals surface area contributed by atoms with Crippen molar-refractivity contribution in [3.8, 4) is 0 Å². The fraction of sp³-hybridized carbons (Fsp3) is 0.318. The molecular formula is C22H26N4O4S. The molecule has 164 valence electrons. The molecule has 1 aliphatic rings. The Hall–Kier alpha value is -3.20. The van der Waals surface area contributed by atoms with E-state index in [0.717, 1.165) is 5.56 Å². The Labute approximate surface area is 182 Å². The van der Waals surface area contributed by atoms with E-state index >= 15 is 0 Å². The number of aliphatic imine (C=N–C) groups is 1. The summed E-state index contributed by atoms with van der Waals surface area (Å²) in [5, 5.41) is 2.83. The molecule has 31 heavy (non-hydrogen) atoms. The van der Waals surface area contributed by atoms with Gasteiger partial charge in [-0.15, -0.1) is 0 Å². The average molecular weight is 443 g/mol. The number of benzene rings is 2. The molecule has 0 unspecified atom stereocenters. The van der Waals surface area contributed by atoms with E-state index in [1.807, 2.05) is 32.0 Å². The smallest absolute Gasteiger partial charge is 0.263 e. The molecule has 0 fully saturated rings. The highest BCUT2D eigenvalue weighted by molar-refractivity contribution is 7.90. The number of amidine groups is 1. The molecule has 2 amide bonds. The highest BCUT2D eigenvalue weighted by Gasteiger charge is 2.32. The fourth-order valence-corrected chi connectivity index (χ4v) is 4.60.